The Kier molecular flexibility index (Phi) is 11.4. The second-order valence-corrected chi connectivity index (χ2v) is 5.61. The Bertz CT molecular complexity index is 502. The van der Waals surface area contributed by atoms with E-state index in [9.17, 15) is 9.59 Å². The SMILES string of the molecule is Cl.Cl.NCCNC(=O)C1CCCN(C(=O)CCc2ccncc2)C1. The van der Waals surface area contributed by atoms with E-state index in [2.05, 4.69) is 10.3 Å². The van der Waals surface area contributed by atoms with Gasteiger partial charge in [-0.15, -0.1) is 24.8 Å². The number of nitrogens with zero attached hydrogens (tertiary/aromatic N) is 2. The van der Waals surface area contributed by atoms with Gasteiger partial charge < -0.3 is 16.0 Å². The van der Waals surface area contributed by atoms with Crippen LogP contribution in [0.3, 0.4) is 0 Å². The Morgan fingerprint density at radius 3 is 2.67 bits per heavy atom. The van der Waals surface area contributed by atoms with Crippen molar-refractivity contribution in [3.8, 4) is 0 Å². The van der Waals surface area contributed by atoms with Crippen molar-refractivity contribution in [3.63, 3.8) is 0 Å². The molecule has 6 nitrogen and oxygen atoms in total. The first kappa shape index (κ1) is 22.6. The Labute approximate surface area is 155 Å². The van der Waals surface area contributed by atoms with E-state index in [1.807, 2.05) is 17.0 Å². The van der Waals surface area contributed by atoms with E-state index < -0.39 is 0 Å². The van der Waals surface area contributed by atoms with Gasteiger partial charge in [-0.2, -0.15) is 0 Å². The van der Waals surface area contributed by atoms with Crippen LogP contribution in [-0.2, 0) is 16.0 Å². The maximum absolute atomic E-state index is 12.3. The number of aromatic nitrogens is 1. The lowest BCUT2D eigenvalue weighted by Crippen LogP contribution is -2.46. The van der Waals surface area contributed by atoms with E-state index in [1.54, 1.807) is 12.4 Å². The van der Waals surface area contributed by atoms with Crippen LogP contribution in [0.5, 0.6) is 0 Å². The van der Waals surface area contributed by atoms with Crippen molar-refractivity contribution >= 4 is 36.6 Å². The summed E-state index contributed by atoms with van der Waals surface area (Å²) in [7, 11) is 0. The zero-order valence-electron chi connectivity index (χ0n) is 13.6. The van der Waals surface area contributed by atoms with E-state index in [4.69, 9.17) is 5.73 Å². The molecule has 24 heavy (non-hydrogen) atoms. The Hall–Kier alpha value is -1.37. The summed E-state index contributed by atoms with van der Waals surface area (Å²) < 4.78 is 0. The minimum absolute atomic E-state index is 0. The van der Waals surface area contributed by atoms with Crippen LogP contribution in [0, 0.1) is 5.92 Å². The summed E-state index contributed by atoms with van der Waals surface area (Å²) in [4.78, 5) is 30.1. The van der Waals surface area contributed by atoms with Crippen LogP contribution >= 0.6 is 24.8 Å². The fourth-order valence-electron chi connectivity index (χ4n) is 2.72. The van der Waals surface area contributed by atoms with Crippen LogP contribution in [-0.4, -0.2) is 47.9 Å². The van der Waals surface area contributed by atoms with Crippen LogP contribution in [0.15, 0.2) is 24.5 Å². The number of aryl methyl sites for hydroxylation is 1. The van der Waals surface area contributed by atoms with Gasteiger partial charge in [-0.05, 0) is 37.0 Å². The molecular formula is C16H26Cl2N4O2. The number of nitrogens with two attached hydrogens (primary N) is 1. The molecule has 1 aromatic heterocycles. The topological polar surface area (TPSA) is 88.3 Å². The molecule has 0 spiro atoms. The summed E-state index contributed by atoms with van der Waals surface area (Å²) >= 11 is 0. The summed E-state index contributed by atoms with van der Waals surface area (Å²) in [6, 6.07) is 3.85. The quantitative estimate of drug-likeness (QED) is 0.779. The molecule has 0 radical (unpaired) electrons. The number of hydrogen-bond donors (Lipinski definition) is 2. The molecule has 1 unspecified atom stereocenters. The lowest BCUT2D eigenvalue weighted by molar-refractivity contribution is -0.135. The highest BCUT2D eigenvalue weighted by Gasteiger charge is 2.27. The summed E-state index contributed by atoms with van der Waals surface area (Å²) in [6.07, 6.45) is 6.37. The van der Waals surface area contributed by atoms with Crippen molar-refractivity contribution in [2.24, 2.45) is 11.7 Å². The summed E-state index contributed by atoms with van der Waals surface area (Å²) in [5.41, 5.74) is 6.50. The van der Waals surface area contributed by atoms with Gasteiger partial charge >= 0.3 is 0 Å². The van der Waals surface area contributed by atoms with E-state index in [-0.39, 0.29) is 42.5 Å². The van der Waals surface area contributed by atoms with Gasteiger partial charge in [0.2, 0.25) is 11.8 Å². The van der Waals surface area contributed by atoms with Gasteiger partial charge in [-0.25, -0.2) is 0 Å². The predicted molar refractivity (Wildman–Crippen MR) is 98.4 cm³/mol. The maximum atomic E-state index is 12.3. The molecule has 1 fully saturated rings. The van der Waals surface area contributed by atoms with Gasteiger partial charge in [0.15, 0.2) is 0 Å². The van der Waals surface area contributed by atoms with Gasteiger partial charge in [-0.3, -0.25) is 14.6 Å². The van der Waals surface area contributed by atoms with Crippen LogP contribution in [0.25, 0.3) is 0 Å². The lowest BCUT2D eigenvalue weighted by atomic mass is 9.96. The number of pyridine rings is 1. The first-order valence-electron chi connectivity index (χ1n) is 7.85. The molecule has 0 aliphatic carbocycles. The lowest BCUT2D eigenvalue weighted by Gasteiger charge is -2.32. The van der Waals surface area contributed by atoms with Crippen molar-refractivity contribution in [2.45, 2.75) is 25.7 Å². The smallest absolute Gasteiger partial charge is 0.224 e. The highest BCUT2D eigenvalue weighted by Crippen LogP contribution is 2.18. The molecule has 1 aliphatic heterocycles. The first-order valence-corrected chi connectivity index (χ1v) is 7.85. The minimum Gasteiger partial charge on any atom is -0.355 e. The second kappa shape index (κ2) is 12.1. The van der Waals surface area contributed by atoms with Crippen LogP contribution in [0.4, 0.5) is 0 Å². The summed E-state index contributed by atoms with van der Waals surface area (Å²) in [6.45, 7) is 2.19. The Balaban J connectivity index is 0.00000264. The third-order valence-electron chi connectivity index (χ3n) is 3.97. The average molecular weight is 377 g/mol. The molecule has 0 saturated carbocycles. The normalized spacial score (nSPS) is 16.5. The molecular weight excluding hydrogens is 351 g/mol. The third-order valence-corrected chi connectivity index (χ3v) is 3.97. The number of carbonyl (C=O) groups excluding carboxylic acids is 2. The molecule has 2 heterocycles. The van der Waals surface area contributed by atoms with Gasteiger partial charge in [0.1, 0.15) is 0 Å². The largest absolute Gasteiger partial charge is 0.355 e. The molecule has 1 aliphatic rings. The number of amides is 2. The molecule has 1 saturated heterocycles. The maximum Gasteiger partial charge on any atom is 0.224 e. The molecule has 1 aromatic rings. The highest BCUT2D eigenvalue weighted by molar-refractivity contribution is 5.85. The summed E-state index contributed by atoms with van der Waals surface area (Å²) in [5, 5.41) is 2.81. The van der Waals surface area contributed by atoms with Gasteiger partial charge in [-0.1, -0.05) is 0 Å². The Morgan fingerprint density at radius 2 is 2.00 bits per heavy atom. The average Bonchev–Trinajstić information content (AvgIpc) is 2.58. The van der Waals surface area contributed by atoms with Crippen molar-refractivity contribution in [2.75, 3.05) is 26.2 Å². The van der Waals surface area contributed by atoms with Gasteiger partial charge in [0, 0.05) is 45.0 Å². The number of hydrogen-bond acceptors (Lipinski definition) is 4. The number of carbonyl (C=O) groups is 2. The number of piperidine rings is 1. The molecule has 8 heteroatoms. The monoisotopic (exact) mass is 376 g/mol. The molecule has 2 amide bonds. The van der Waals surface area contributed by atoms with Crippen LogP contribution in [0.1, 0.15) is 24.8 Å². The van der Waals surface area contributed by atoms with Crippen LogP contribution < -0.4 is 11.1 Å². The number of likely N-dealkylation sites (tertiary alicyclic amines) is 1. The zero-order chi connectivity index (χ0) is 15.8. The second-order valence-electron chi connectivity index (χ2n) is 5.61. The van der Waals surface area contributed by atoms with Crippen LogP contribution in [0.2, 0.25) is 0 Å². The molecule has 136 valence electrons. The van der Waals surface area contributed by atoms with E-state index in [0.717, 1.165) is 24.9 Å². The number of halogens is 2. The molecule has 2 rings (SSSR count). The fraction of sp³-hybridized carbons (Fsp3) is 0.562. The van der Waals surface area contributed by atoms with Crippen molar-refractivity contribution in [1.82, 2.24) is 15.2 Å². The van der Waals surface area contributed by atoms with Crippen molar-refractivity contribution < 1.29 is 9.59 Å². The van der Waals surface area contributed by atoms with Crippen molar-refractivity contribution in [3.05, 3.63) is 30.1 Å². The summed E-state index contributed by atoms with van der Waals surface area (Å²) in [5.74, 6) is 0.0235. The number of nitrogens with one attached hydrogen (secondary N) is 1. The standard InChI is InChI=1S/C16H24N4O2.2ClH/c17-7-10-19-16(22)14-2-1-11-20(12-14)15(21)4-3-13-5-8-18-9-6-13;;/h5-6,8-9,14H,1-4,7,10-12,17H2,(H,19,22);2*1H. The fourth-order valence-corrected chi connectivity index (χ4v) is 2.72. The predicted octanol–water partition coefficient (Wildman–Crippen LogP) is 1.17. The zero-order valence-corrected chi connectivity index (χ0v) is 15.3. The van der Waals surface area contributed by atoms with E-state index in [1.165, 1.54) is 0 Å². The van der Waals surface area contributed by atoms with Gasteiger partial charge in [0.25, 0.3) is 0 Å². The van der Waals surface area contributed by atoms with Crippen molar-refractivity contribution in [1.29, 1.82) is 0 Å². The molecule has 0 aromatic carbocycles. The molecule has 1 atom stereocenters. The molecule has 3 N–H and O–H groups in total. The third kappa shape index (κ3) is 7.03. The van der Waals surface area contributed by atoms with E-state index in [0.29, 0.717) is 32.5 Å². The minimum atomic E-state index is -0.106. The van der Waals surface area contributed by atoms with E-state index >= 15 is 0 Å². The highest BCUT2D eigenvalue weighted by atomic mass is 35.5. The Morgan fingerprint density at radius 1 is 1.29 bits per heavy atom. The number of rotatable bonds is 6. The first-order chi connectivity index (χ1) is 10.7. The van der Waals surface area contributed by atoms with Gasteiger partial charge in [0.05, 0.1) is 5.92 Å². The molecule has 0 bridgehead atoms.